The maximum atomic E-state index is 13.8. The van der Waals surface area contributed by atoms with Gasteiger partial charge in [-0.3, -0.25) is 9.59 Å². The summed E-state index contributed by atoms with van der Waals surface area (Å²) in [6.45, 7) is 5.96. The second-order valence-corrected chi connectivity index (χ2v) is 14.6. The van der Waals surface area contributed by atoms with Crippen LogP contribution in [0.5, 0.6) is 0 Å². The molecular weight excluding hydrogens is 587 g/mol. The molecule has 1 heterocycles. The number of carbonyl (C=O) groups is 2. The predicted octanol–water partition coefficient (Wildman–Crippen LogP) is 5.16. The molecular formula is C30H38F3N3O4S2. The molecule has 2 amide bonds. The van der Waals surface area contributed by atoms with Gasteiger partial charge >= 0.3 is 6.18 Å². The monoisotopic (exact) mass is 625 g/mol. The fraction of sp³-hybridized carbons (Fsp3) is 0.533. The number of carbonyl (C=O) groups excluding carboxylic acids is 2. The van der Waals surface area contributed by atoms with Crippen molar-refractivity contribution in [1.82, 2.24) is 15.5 Å². The number of thioether (sulfide) groups is 1. The van der Waals surface area contributed by atoms with Crippen LogP contribution in [0.25, 0.3) is 0 Å². The lowest BCUT2D eigenvalue weighted by atomic mass is 9.81. The zero-order chi connectivity index (χ0) is 30.9. The number of hydrogen-bond acceptors (Lipinski definition) is 6. The highest BCUT2D eigenvalue weighted by Gasteiger charge is 2.49. The summed E-state index contributed by atoms with van der Waals surface area (Å²) in [6.07, 6.45) is -0.493. The molecule has 2 aromatic rings. The van der Waals surface area contributed by atoms with E-state index in [0.29, 0.717) is 19.4 Å². The molecule has 1 aliphatic carbocycles. The molecule has 0 spiro atoms. The van der Waals surface area contributed by atoms with Crippen LogP contribution in [-0.2, 0) is 20.8 Å². The van der Waals surface area contributed by atoms with Gasteiger partial charge in [-0.05, 0) is 87.2 Å². The third-order valence-electron chi connectivity index (χ3n) is 8.19. The van der Waals surface area contributed by atoms with Crippen LogP contribution in [0.1, 0.15) is 62.4 Å². The summed E-state index contributed by atoms with van der Waals surface area (Å²) in [6, 6.07) is 10.8. The third-order valence-corrected chi connectivity index (χ3v) is 10.8. The van der Waals surface area contributed by atoms with Gasteiger partial charge in [-0.1, -0.05) is 19.9 Å². The quantitative estimate of drug-likeness (QED) is 0.374. The van der Waals surface area contributed by atoms with Crippen LogP contribution < -0.4 is 10.6 Å². The van der Waals surface area contributed by atoms with Gasteiger partial charge in [0.05, 0.1) is 16.2 Å². The lowest BCUT2D eigenvalue weighted by molar-refractivity contribution is -0.138. The molecule has 0 aromatic heterocycles. The van der Waals surface area contributed by atoms with Crippen molar-refractivity contribution in [3.8, 4) is 0 Å². The molecule has 230 valence electrons. The lowest BCUT2D eigenvalue weighted by Gasteiger charge is -2.42. The first-order chi connectivity index (χ1) is 19.6. The molecule has 42 heavy (non-hydrogen) atoms. The number of alkyl halides is 3. The Morgan fingerprint density at radius 2 is 1.83 bits per heavy atom. The fourth-order valence-corrected chi connectivity index (χ4v) is 8.16. The van der Waals surface area contributed by atoms with Crippen molar-refractivity contribution in [2.45, 2.75) is 86.1 Å². The molecule has 2 aliphatic rings. The Labute approximate surface area is 249 Å². The number of hydrogen-bond donors (Lipinski definition) is 2. The normalized spacial score (nSPS) is 25.2. The fourth-order valence-electron chi connectivity index (χ4n) is 6.08. The second-order valence-electron chi connectivity index (χ2n) is 11.7. The van der Waals surface area contributed by atoms with E-state index in [-0.39, 0.29) is 52.6 Å². The second kappa shape index (κ2) is 12.6. The van der Waals surface area contributed by atoms with Crippen LogP contribution in [0, 0.1) is 5.92 Å². The van der Waals surface area contributed by atoms with Crippen molar-refractivity contribution in [2.75, 3.05) is 18.6 Å². The van der Waals surface area contributed by atoms with E-state index < -0.39 is 33.0 Å². The van der Waals surface area contributed by atoms with Crippen molar-refractivity contribution in [2.24, 2.45) is 5.92 Å². The summed E-state index contributed by atoms with van der Waals surface area (Å²) in [5.74, 6) is -1.58. The zero-order valence-electron chi connectivity index (χ0n) is 24.2. The van der Waals surface area contributed by atoms with Gasteiger partial charge in [0.15, 0.2) is 9.84 Å². The molecule has 1 aliphatic heterocycles. The molecule has 2 fully saturated rings. The van der Waals surface area contributed by atoms with Gasteiger partial charge in [-0.2, -0.15) is 13.2 Å². The highest BCUT2D eigenvalue weighted by atomic mass is 32.2. The first-order valence-electron chi connectivity index (χ1n) is 14.1. The van der Waals surface area contributed by atoms with Crippen LogP contribution >= 0.6 is 11.8 Å². The molecule has 2 N–H and O–H groups in total. The molecule has 0 radical (unpaired) electrons. The van der Waals surface area contributed by atoms with E-state index in [0.717, 1.165) is 29.5 Å². The molecule has 7 nitrogen and oxygen atoms in total. The minimum atomic E-state index is -4.60. The summed E-state index contributed by atoms with van der Waals surface area (Å²) >= 11 is 1.52. The Morgan fingerprint density at radius 1 is 1.14 bits per heavy atom. The highest BCUT2D eigenvalue weighted by Crippen LogP contribution is 2.37. The first-order valence-corrected chi connectivity index (χ1v) is 16.9. The van der Waals surface area contributed by atoms with Crippen LogP contribution in [0.3, 0.4) is 0 Å². The van der Waals surface area contributed by atoms with E-state index >= 15 is 0 Å². The summed E-state index contributed by atoms with van der Waals surface area (Å²) in [5.41, 5.74) is -2.46. The Morgan fingerprint density at radius 3 is 2.45 bits per heavy atom. The SMILES string of the molecule is CSc1ccc(S(=O)(=O)C[C@@H]2C[C@H](NC(C)C)CCC2N2CC[C@](C)(NC(=O)c3cccc(C(F)(F)F)c3)C2=O)cc1. The number of halogens is 3. The molecule has 1 saturated carbocycles. The van der Waals surface area contributed by atoms with Crippen LogP contribution in [0.15, 0.2) is 58.3 Å². The van der Waals surface area contributed by atoms with E-state index in [2.05, 4.69) is 10.6 Å². The number of nitrogens with zero attached hydrogens (tertiary/aromatic N) is 1. The highest BCUT2D eigenvalue weighted by molar-refractivity contribution is 7.98. The van der Waals surface area contributed by atoms with Gasteiger partial charge in [0.25, 0.3) is 5.91 Å². The van der Waals surface area contributed by atoms with Crippen LogP contribution in [-0.4, -0.2) is 67.3 Å². The summed E-state index contributed by atoms with van der Waals surface area (Å²) < 4.78 is 66.6. The lowest BCUT2D eigenvalue weighted by Crippen LogP contribution is -2.56. The average Bonchev–Trinajstić information content (AvgIpc) is 3.21. The summed E-state index contributed by atoms with van der Waals surface area (Å²) in [4.78, 5) is 29.6. The van der Waals surface area contributed by atoms with Gasteiger partial charge in [0.2, 0.25) is 5.91 Å². The standard InChI is InChI=1S/C30H38F3N3O4S2/c1-19(2)34-23-8-13-26(21(17-23)18-42(39,40)25-11-9-24(41-4)10-12-25)36-15-14-29(3,28(36)38)35-27(37)20-6-5-7-22(16-20)30(31,32)33/h5-7,9-12,16,19,21,23,26,34H,8,13-15,17-18H2,1-4H3,(H,35,37)/t21-,23+,26?,29-/m0/s1. The number of amides is 2. The maximum absolute atomic E-state index is 13.8. The minimum absolute atomic E-state index is 0.102. The van der Waals surface area contributed by atoms with Crippen LogP contribution in [0.2, 0.25) is 0 Å². The Hall–Kier alpha value is -2.57. The summed E-state index contributed by atoms with van der Waals surface area (Å²) in [5, 5.41) is 6.19. The number of benzene rings is 2. The average molecular weight is 626 g/mol. The van der Waals surface area contributed by atoms with Crippen LogP contribution in [0.4, 0.5) is 13.2 Å². The van der Waals surface area contributed by atoms with Crippen molar-refractivity contribution in [1.29, 1.82) is 0 Å². The van der Waals surface area contributed by atoms with E-state index in [1.165, 1.54) is 17.8 Å². The smallest absolute Gasteiger partial charge is 0.338 e. The minimum Gasteiger partial charge on any atom is -0.338 e. The maximum Gasteiger partial charge on any atom is 0.416 e. The molecule has 2 aromatic carbocycles. The molecule has 4 rings (SSSR count). The first kappa shape index (κ1) is 32.3. The molecule has 12 heteroatoms. The third kappa shape index (κ3) is 7.31. The van der Waals surface area contributed by atoms with Crippen molar-refractivity contribution >= 4 is 33.4 Å². The topological polar surface area (TPSA) is 95.6 Å². The predicted molar refractivity (Wildman–Crippen MR) is 157 cm³/mol. The van der Waals surface area contributed by atoms with E-state index in [4.69, 9.17) is 0 Å². The molecule has 0 bridgehead atoms. The summed E-state index contributed by atoms with van der Waals surface area (Å²) in [7, 11) is -3.65. The molecule has 4 atom stereocenters. The number of nitrogens with one attached hydrogen (secondary N) is 2. The largest absolute Gasteiger partial charge is 0.416 e. The molecule has 1 unspecified atom stereocenters. The van der Waals surface area contributed by atoms with Gasteiger partial charge in [-0.25, -0.2) is 8.42 Å². The van der Waals surface area contributed by atoms with Crippen molar-refractivity contribution < 1.29 is 31.2 Å². The molecule has 1 saturated heterocycles. The van der Waals surface area contributed by atoms with Gasteiger partial charge in [0, 0.05) is 35.1 Å². The number of sulfone groups is 1. The van der Waals surface area contributed by atoms with Crippen molar-refractivity contribution in [3.05, 3.63) is 59.7 Å². The van der Waals surface area contributed by atoms with Gasteiger partial charge in [-0.15, -0.1) is 11.8 Å². The van der Waals surface area contributed by atoms with Crippen molar-refractivity contribution in [3.63, 3.8) is 0 Å². The van der Waals surface area contributed by atoms with E-state index in [1.54, 1.807) is 36.1 Å². The van der Waals surface area contributed by atoms with E-state index in [1.807, 2.05) is 20.1 Å². The zero-order valence-corrected chi connectivity index (χ0v) is 25.8. The van der Waals surface area contributed by atoms with E-state index in [9.17, 15) is 31.2 Å². The Bertz CT molecular complexity index is 1400. The number of rotatable bonds is 9. The Kier molecular flexibility index (Phi) is 9.69. The van der Waals surface area contributed by atoms with Gasteiger partial charge in [0.1, 0.15) is 5.54 Å². The van der Waals surface area contributed by atoms with Gasteiger partial charge < -0.3 is 15.5 Å². The Balaban J connectivity index is 1.54. The number of likely N-dealkylation sites (tertiary alicyclic amines) is 1.